The monoisotopic (exact) mass is 292 g/mol. The summed E-state index contributed by atoms with van der Waals surface area (Å²) in [4.78, 5) is 11.6. The van der Waals surface area contributed by atoms with E-state index in [9.17, 15) is 4.79 Å². The summed E-state index contributed by atoms with van der Waals surface area (Å²) in [6.45, 7) is 4.42. The summed E-state index contributed by atoms with van der Waals surface area (Å²) in [5, 5.41) is 5.60. The zero-order valence-corrected chi connectivity index (χ0v) is 12.6. The number of ether oxygens (including phenoxy) is 2. The Morgan fingerprint density at radius 3 is 3.00 bits per heavy atom. The highest BCUT2D eigenvalue weighted by molar-refractivity contribution is 5.73. The van der Waals surface area contributed by atoms with Gasteiger partial charge in [-0.2, -0.15) is 0 Å². The first-order valence-electron chi connectivity index (χ1n) is 7.63. The van der Waals surface area contributed by atoms with Gasteiger partial charge in [0.1, 0.15) is 12.4 Å². The van der Waals surface area contributed by atoms with Crippen LogP contribution in [0.4, 0.5) is 4.79 Å². The molecule has 2 amide bonds. The van der Waals surface area contributed by atoms with E-state index < -0.39 is 0 Å². The predicted octanol–water partition coefficient (Wildman–Crippen LogP) is 2.11. The SMILES string of the molecule is CCc1ccccc1OCCNC(=O)NCC1CCCO1. The predicted molar refractivity (Wildman–Crippen MR) is 81.7 cm³/mol. The van der Waals surface area contributed by atoms with Crippen molar-refractivity contribution in [3.05, 3.63) is 29.8 Å². The van der Waals surface area contributed by atoms with Crippen LogP contribution >= 0.6 is 0 Å². The molecule has 1 heterocycles. The van der Waals surface area contributed by atoms with Crippen LogP contribution in [-0.4, -0.2) is 38.4 Å². The summed E-state index contributed by atoms with van der Waals surface area (Å²) in [7, 11) is 0. The molecule has 0 bridgehead atoms. The Morgan fingerprint density at radius 2 is 2.24 bits per heavy atom. The van der Waals surface area contributed by atoms with Crippen molar-refractivity contribution in [2.24, 2.45) is 0 Å². The number of carbonyl (C=O) groups excluding carboxylic acids is 1. The molecule has 5 nitrogen and oxygen atoms in total. The van der Waals surface area contributed by atoms with Gasteiger partial charge in [-0.25, -0.2) is 4.79 Å². The van der Waals surface area contributed by atoms with E-state index in [0.717, 1.165) is 31.6 Å². The van der Waals surface area contributed by atoms with Gasteiger partial charge < -0.3 is 20.1 Å². The molecular weight excluding hydrogens is 268 g/mol. The van der Waals surface area contributed by atoms with Gasteiger partial charge in [-0.05, 0) is 30.9 Å². The van der Waals surface area contributed by atoms with Crippen LogP contribution in [0, 0.1) is 0 Å². The van der Waals surface area contributed by atoms with Crippen LogP contribution in [0.2, 0.25) is 0 Å². The van der Waals surface area contributed by atoms with E-state index in [0.29, 0.717) is 19.7 Å². The van der Waals surface area contributed by atoms with Gasteiger partial charge in [0, 0.05) is 13.2 Å². The highest BCUT2D eigenvalue weighted by Crippen LogP contribution is 2.17. The maximum absolute atomic E-state index is 11.6. The first-order valence-corrected chi connectivity index (χ1v) is 7.63. The zero-order valence-electron chi connectivity index (χ0n) is 12.6. The summed E-state index contributed by atoms with van der Waals surface area (Å²) in [5.41, 5.74) is 1.18. The topological polar surface area (TPSA) is 59.6 Å². The van der Waals surface area contributed by atoms with E-state index in [4.69, 9.17) is 9.47 Å². The lowest BCUT2D eigenvalue weighted by Gasteiger charge is -2.13. The summed E-state index contributed by atoms with van der Waals surface area (Å²) in [6.07, 6.45) is 3.21. The van der Waals surface area contributed by atoms with Crippen LogP contribution in [-0.2, 0) is 11.2 Å². The molecule has 116 valence electrons. The number of rotatable bonds is 7. The molecule has 0 saturated carbocycles. The molecule has 0 aliphatic carbocycles. The Morgan fingerprint density at radius 1 is 1.38 bits per heavy atom. The van der Waals surface area contributed by atoms with Crippen molar-refractivity contribution in [2.75, 3.05) is 26.3 Å². The average molecular weight is 292 g/mol. The van der Waals surface area contributed by atoms with Crippen molar-refractivity contribution in [3.8, 4) is 5.75 Å². The molecule has 1 fully saturated rings. The second-order valence-electron chi connectivity index (χ2n) is 5.08. The van der Waals surface area contributed by atoms with Gasteiger partial charge in [0.05, 0.1) is 12.6 Å². The molecule has 1 aliphatic heterocycles. The Hall–Kier alpha value is -1.75. The van der Waals surface area contributed by atoms with Crippen LogP contribution < -0.4 is 15.4 Å². The van der Waals surface area contributed by atoms with Gasteiger partial charge in [0.25, 0.3) is 0 Å². The number of para-hydroxylation sites is 1. The van der Waals surface area contributed by atoms with Gasteiger partial charge >= 0.3 is 6.03 Å². The molecule has 1 aromatic rings. The lowest BCUT2D eigenvalue weighted by atomic mass is 10.1. The normalized spacial score (nSPS) is 17.5. The highest BCUT2D eigenvalue weighted by atomic mass is 16.5. The fourth-order valence-electron chi connectivity index (χ4n) is 2.34. The Bertz CT molecular complexity index is 445. The second kappa shape index (κ2) is 8.52. The molecule has 1 atom stereocenters. The smallest absolute Gasteiger partial charge is 0.315 e. The molecule has 5 heteroatoms. The van der Waals surface area contributed by atoms with Crippen molar-refractivity contribution in [1.29, 1.82) is 0 Å². The van der Waals surface area contributed by atoms with Gasteiger partial charge in [0.2, 0.25) is 0 Å². The third-order valence-electron chi connectivity index (χ3n) is 3.51. The molecule has 1 aliphatic rings. The van der Waals surface area contributed by atoms with E-state index in [2.05, 4.69) is 23.6 Å². The van der Waals surface area contributed by atoms with Crippen LogP contribution in [0.3, 0.4) is 0 Å². The number of hydrogen-bond acceptors (Lipinski definition) is 3. The minimum atomic E-state index is -0.169. The Balaban J connectivity index is 1.59. The Kier molecular flexibility index (Phi) is 6.34. The summed E-state index contributed by atoms with van der Waals surface area (Å²) in [5.74, 6) is 0.890. The number of carbonyl (C=O) groups is 1. The van der Waals surface area contributed by atoms with Gasteiger partial charge in [-0.15, -0.1) is 0 Å². The maximum atomic E-state index is 11.6. The fourth-order valence-corrected chi connectivity index (χ4v) is 2.34. The van der Waals surface area contributed by atoms with Crippen molar-refractivity contribution in [3.63, 3.8) is 0 Å². The maximum Gasteiger partial charge on any atom is 0.315 e. The molecular formula is C16H24N2O3. The van der Waals surface area contributed by atoms with Crippen molar-refractivity contribution < 1.29 is 14.3 Å². The van der Waals surface area contributed by atoms with Crippen molar-refractivity contribution in [1.82, 2.24) is 10.6 Å². The number of hydrogen-bond donors (Lipinski definition) is 2. The van der Waals surface area contributed by atoms with Crippen molar-refractivity contribution >= 4 is 6.03 Å². The van der Waals surface area contributed by atoms with Crippen LogP contribution in [0.5, 0.6) is 5.75 Å². The molecule has 0 aromatic heterocycles. The number of nitrogens with one attached hydrogen (secondary N) is 2. The first-order chi connectivity index (χ1) is 10.3. The fraction of sp³-hybridized carbons (Fsp3) is 0.562. The molecule has 0 spiro atoms. The van der Waals surface area contributed by atoms with E-state index in [1.807, 2.05) is 18.2 Å². The van der Waals surface area contributed by atoms with Crippen LogP contribution in [0.25, 0.3) is 0 Å². The molecule has 21 heavy (non-hydrogen) atoms. The highest BCUT2D eigenvalue weighted by Gasteiger charge is 2.15. The van der Waals surface area contributed by atoms with E-state index in [-0.39, 0.29) is 12.1 Å². The summed E-state index contributed by atoms with van der Waals surface area (Å²) < 4.78 is 11.1. The molecule has 1 saturated heterocycles. The quantitative estimate of drug-likeness (QED) is 0.757. The van der Waals surface area contributed by atoms with Gasteiger partial charge in [0.15, 0.2) is 0 Å². The van der Waals surface area contributed by atoms with E-state index in [1.165, 1.54) is 5.56 Å². The number of aryl methyl sites for hydroxylation is 1. The number of amides is 2. The number of urea groups is 1. The summed E-state index contributed by atoms with van der Waals surface area (Å²) >= 11 is 0. The lowest BCUT2D eigenvalue weighted by Crippen LogP contribution is -2.41. The Labute approximate surface area is 126 Å². The van der Waals surface area contributed by atoms with E-state index in [1.54, 1.807) is 0 Å². The first kappa shape index (κ1) is 15.6. The third kappa shape index (κ3) is 5.27. The van der Waals surface area contributed by atoms with E-state index >= 15 is 0 Å². The number of benzene rings is 1. The average Bonchev–Trinajstić information content (AvgIpc) is 3.03. The second-order valence-corrected chi connectivity index (χ2v) is 5.08. The third-order valence-corrected chi connectivity index (χ3v) is 3.51. The van der Waals surface area contributed by atoms with Crippen molar-refractivity contribution in [2.45, 2.75) is 32.3 Å². The zero-order chi connectivity index (χ0) is 14.9. The minimum Gasteiger partial charge on any atom is -0.491 e. The lowest BCUT2D eigenvalue weighted by molar-refractivity contribution is 0.111. The molecule has 1 aromatic carbocycles. The van der Waals surface area contributed by atoms with Crippen LogP contribution in [0.15, 0.2) is 24.3 Å². The summed E-state index contributed by atoms with van der Waals surface area (Å²) in [6, 6.07) is 7.80. The minimum absolute atomic E-state index is 0.169. The standard InChI is InChI=1S/C16H24N2O3/c1-2-13-6-3-4-8-15(13)21-11-9-17-16(19)18-12-14-7-5-10-20-14/h3-4,6,8,14H,2,5,7,9-12H2,1H3,(H2,17,18,19). The molecule has 1 unspecified atom stereocenters. The van der Waals surface area contributed by atoms with Gasteiger partial charge in [-0.3, -0.25) is 0 Å². The molecule has 2 rings (SSSR count). The van der Waals surface area contributed by atoms with Gasteiger partial charge in [-0.1, -0.05) is 25.1 Å². The molecule has 2 N–H and O–H groups in total. The van der Waals surface area contributed by atoms with Crippen LogP contribution in [0.1, 0.15) is 25.3 Å². The molecule has 0 radical (unpaired) electrons. The largest absolute Gasteiger partial charge is 0.491 e.